The fourth-order valence-electron chi connectivity index (χ4n) is 2.78. The highest BCUT2D eigenvalue weighted by Gasteiger charge is 2.15. The molecular weight excluding hydrogens is 310 g/mol. The molecule has 0 aromatic heterocycles. The lowest BCUT2D eigenvalue weighted by atomic mass is 9.96. The first kappa shape index (κ1) is 21.2. The van der Waals surface area contributed by atoms with E-state index in [0.717, 1.165) is 24.1 Å². The number of allylic oxidation sites excluding steroid dienone is 1. The van der Waals surface area contributed by atoms with Gasteiger partial charge in [0.05, 0.1) is 18.3 Å². The van der Waals surface area contributed by atoms with E-state index >= 15 is 0 Å². The fourth-order valence-corrected chi connectivity index (χ4v) is 2.78. The molecule has 25 heavy (non-hydrogen) atoms. The molecule has 1 aliphatic carbocycles. The second-order valence-corrected chi connectivity index (χ2v) is 6.72. The van der Waals surface area contributed by atoms with E-state index in [2.05, 4.69) is 18.8 Å². The summed E-state index contributed by atoms with van der Waals surface area (Å²) in [5.41, 5.74) is 8.95. The maximum Gasteiger partial charge on any atom is 0.123 e. The summed E-state index contributed by atoms with van der Waals surface area (Å²) in [6, 6.07) is 8.10. The van der Waals surface area contributed by atoms with Crippen LogP contribution in [0, 0.1) is 6.92 Å². The third-order valence-corrected chi connectivity index (χ3v) is 4.23. The molecule has 2 rings (SSSR count). The lowest BCUT2D eigenvalue weighted by Gasteiger charge is -2.21. The predicted octanol–water partition coefficient (Wildman–Crippen LogP) is 5.24. The second-order valence-electron chi connectivity index (χ2n) is 6.72. The Morgan fingerprint density at radius 2 is 1.76 bits per heavy atom. The van der Waals surface area contributed by atoms with Gasteiger partial charge in [0.1, 0.15) is 5.84 Å². The van der Waals surface area contributed by atoms with E-state index in [1.165, 1.54) is 36.3 Å². The molecule has 0 heterocycles. The Balaban J connectivity index is 0.000000970. The first-order valence-electron chi connectivity index (χ1n) is 9.53. The van der Waals surface area contributed by atoms with Gasteiger partial charge in [0, 0.05) is 5.57 Å². The summed E-state index contributed by atoms with van der Waals surface area (Å²) in [6.45, 7) is 8.56. The van der Waals surface area contributed by atoms with Gasteiger partial charge in [-0.25, -0.2) is 0 Å². The number of amidine groups is 1. The zero-order valence-electron chi connectivity index (χ0n) is 16.3. The van der Waals surface area contributed by atoms with Gasteiger partial charge in [0.2, 0.25) is 0 Å². The van der Waals surface area contributed by atoms with Crippen LogP contribution in [0.5, 0.6) is 0 Å². The Morgan fingerprint density at radius 1 is 1.20 bits per heavy atom. The zero-order valence-corrected chi connectivity index (χ0v) is 16.3. The molecule has 140 valence electrons. The number of aryl methyl sites for hydroxylation is 1. The highest BCUT2D eigenvalue weighted by atomic mass is 16.5. The summed E-state index contributed by atoms with van der Waals surface area (Å²) < 4.78 is 0. The Labute approximate surface area is 153 Å². The molecule has 0 spiro atoms. The Kier molecular flexibility index (Phi) is 9.93. The maximum atomic E-state index is 10.2. The van der Waals surface area contributed by atoms with E-state index in [0.29, 0.717) is 18.4 Å². The molecule has 1 aromatic rings. The van der Waals surface area contributed by atoms with Crippen LogP contribution in [0.15, 0.2) is 40.9 Å². The van der Waals surface area contributed by atoms with Crippen LogP contribution in [0.1, 0.15) is 64.9 Å². The Bertz CT molecular complexity index is 543. The summed E-state index contributed by atoms with van der Waals surface area (Å²) >= 11 is 0. The molecule has 1 aliphatic rings. The van der Waals surface area contributed by atoms with E-state index in [-0.39, 0.29) is 0 Å². The van der Waals surface area contributed by atoms with Crippen LogP contribution in [0.2, 0.25) is 0 Å². The average molecular weight is 346 g/mol. The van der Waals surface area contributed by atoms with Crippen molar-refractivity contribution in [3.8, 4) is 0 Å². The summed E-state index contributed by atoms with van der Waals surface area (Å²) in [6.07, 6.45) is 9.21. The summed E-state index contributed by atoms with van der Waals surface area (Å²) in [4.78, 5) is 4.66. The monoisotopic (exact) mass is 345 g/mol. The molecule has 0 bridgehead atoms. The Morgan fingerprint density at radius 3 is 2.28 bits per heavy atom. The standard InChI is InChI=1S/C18H27N3O.C3H8/c1-3-15(18(19)20-16-7-5-4-6-8-16)13-21(22)17-11-9-14(2)10-12-17;1-3-2/h3,9-12,16,22H,4-8,13H2,1-2H3,(H2,19,20);3H2,1-2H3/b15-3-;. The molecule has 0 aliphatic heterocycles. The summed E-state index contributed by atoms with van der Waals surface area (Å²) in [5, 5.41) is 11.5. The number of hydroxylamine groups is 1. The first-order valence-corrected chi connectivity index (χ1v) is 9.53. The molecule has 0 saturated heterocycles. The van der Waals surface area contributed by atoms with Crippen LogP contribution in [0.3, 0.4) is 0 Å². The van der Waals surface area contributed by atoms with Crippen molar-refractivity contribution >= 4 is 11.5 Å². The largest absolute Gasteiger partial charge is 0.384 e. The second kappa shape index (κ2) is 11.7. The van der Waals surface area contributed by atoms with Gasteiger partial charge >= 0.3 is 0 Å². The molecule has 0 atom stereocenters. The Hall–Kier alpha value is -1.81. The van der Waals surface area contributed by atoms with Crippen molar-refractivity contribution in [1.82, 2.24) is 0 Å². The summed E-state index contributed by atoms with van der Waals surface area (Å²) in [7, 11) is 0. The lowest BCUT2D eigenvalue weighted by molar-refractivity contribution is 0.264. The lowest BCUT2D eigenvalue weighted by Crippen LogP contribution is -2.29. The van der Waals surface area contributed by atoms with Crippen LogP contribution in [-0.2, 0) is 0 Å². The van der Waals surface area contributed by atoms with E-state index in [1.54, 1.807) is 0 Å². The van der Waals surface area contributed by atoms with Crippen molar-refractivity contribution in [2.75, 3.05) is 11.6 Å². The molecule has 1 aromatic carbocycles. The molecule has 4 heteroatoms. The average Bonchev–Trinajstić information content (AvgIpc) is 2.61. The van der Waals surface area contributed by atoms with Crippen molar-refractivity contribution in [3.05, 3.63) is 41.5 Å². The first-order chi connectivity index (χ1) is 12.0. The molecule has 4 nitrogen and oxygen atoms in total. The van der Waals surface area contributed by atoms with Crippen molar-refractivity contribution < 1.29 is 5.21 Å². The molecule has 1 saturated carbocycles. The van der Waals surface area contributed by atoms with Crippen molar-refractivity contribution in [2.45, 2.75) is 72.3 Å². The van der Waals surface area contributed by atoms with Gasteiger partial charge in [-0.2, -0.15) is 0 Å². The van der Waals surface area contributed by atoms with Crippen LogP contribution in [0.4, 0.5) is 5.69 Å². The topological polar surface area (TPSA) is 61.8 Å². The van der Waals surface area contributed by atoms with Crippen molar-refractivity contribution in [1.29, 1.82) is 0 Å². The SMILES string of the molecule is C/C=C(/CN(O)c1ccc(C)cc1)C(N)=NC1CCCCC1.CCC. The quantitative estimate of drug-likeness (QED) is 0.435. The minimum absolute atomic E-state index is 0.343. The van der Waals surface area contributed by atoms with Crippen LogP contribution in [-0.4, -0.2) is 23.6 Å². The minimum Gasteiger partial charge on any atom is -0.384 e. The highest BCUT2D eigenvalue weighted by Crippen LogP contribution is 2.21. The smallest absolute Gasteiger partial charge is 0.123 e. The van der Waals surface area contributed by atoms with Gasteiger partial charge in [-0.05, 0) is 38.8 Å². The van der Waals surface area contributed by atoms with Crippen molar-refractivity contribution in [3.63, 3.8) is 0 Å². The minimum atomic E-state index is 0.343. The number of hydrogen-bond acceptors (Lipinski definition) is 3. The van der Waals surface area contributed by atoms with E-state index in [1.807, 2.05) is 44.2 Å². The third kappa shape index (κ3) is 7.74. The highest BCUT2D eigenvalue weighted by molar-refractivity contribution is 5.97. The number of nitrogens with zero attached hydrogens (tertiary/aromatic N) is 2. The number of nitrogens with two attached hydrogens (primary N) is 1. The fraction of sp³-hybridized carbons (Fsp3) is 0.571. The van der Waals surface area contributed by atoms with E-state index in [9.17, 15) is 5.21 Å². The summed E-state index contributed by atoms with van der Waals surface area (Å²) in [5.74, 6) is 0.556. The van der Waals surface area contributed by atoms with Crippen molar-refractivity contribution in [2.24, 2.45) is 10.7 Å². The zero-order chi connectivity index (χ0) is 18.7. The van der Waals surface area contributed by atoms with Gasteiger partial charge in [0.15, 0.2) is 0 Å². The van der Waals surface area contributed by atoms with Crippen LogP contribution < -0.4 is 10.8 Å². The van der Waals surface area contributed by atoms with E-state index < -0.39 is 0 Å². The number of benzene rings is 1. The molecule has 3 N–H and O–H groups in total. The van der Waals surface area contributed by atoms with Gasteiger partial charge in [-0.3, -0.25) is 15.3 Å². The number of aliphatic imine (C=N–C) groups is 1. The normalized spacial score (nSPS) is 16.2. The molecule has 0 amide bonds. The third-order valence-electron chi connectivity index (χ3n) is 4.23. The molecule has 0 radical (unpaired) electrons. The number of anilines is 1. The molecule has 0 unspecified atom stereocenters. The van der Waals surface area contributed by atoms with Crippen LogP contribution >= 0.6 is 0 Å². The van der Waals surface area contributed by atoms with Gasteiger partial charge in [-0.15, -0.1) is 0 Å². The van der Waals surface area contributed by atoms with Gasteiger partial charge in [-0.1, -0.05) is 63.3 Å². The van der Waals surface area contributed by atoms with Gasteiger partial charge < -0.3 is 5.73 Å². The molecular formula is C21H35N3O. The predicted molar refractivity (Wildman–Crippen MR) is 109 cm³/mol. The molecule has 1 fully saturated rings. The number of hydrogen-bond donors (Lipinski definition) is 2. The van der Waals surface area contributed by atoms with Gasteiger partial charge in [0.25, 0.3) is 0 Å². The van der Waals surface area contributed by atoms with Crippen LogP contribution in [0.25, 0.3) is 0 Å². The van der Waals surface area contributed by atoms with E-state index in [4.69, 9.17) is 5.73 Å². The number of rotatable bonds is 5. The maximum absolute atomic E-state index is 10.2.